The van der Waals surface area contributed by atoms with Gasteiger partial charge in [-0.1, -0.05) is 12.1 Å². The summed E-state index contributed by atoms with van der Waals surface area (Å²) in [6.07, 6.45) is 2.47. The third kappa shape index (κ3) is 4.14. The highest BCUT2D eigenvalue weighted by molar-refractivity contribution is 5.48. The van der Waals surface area contributed by atoms with Gasteiger partial charge in [0.15, 0.2) is 0 Å². The van der Waals surface area contributed by atoms with Gasteiger partial charge in [-0.2, -0.15) is 0 Å². The van der Waals surface area contributed by atoms with Crippen molar-refractivity contribution in [1.29, 1.82) is 0 Å². The van der Waals surface area contributed by atoms with Gasteiger partial charge >= 0.3 is 0 Å². The van der Waals surface area contributed by atoms with E-state index >= 15 is 0 Å². The van der Waals surface area contributed by atoms with E-state index < -0.39 is 19.1 Å². The molecule has 0 saturated carbocycles. The maximum Gasteiger partial charge on any atom is 0.282 e. The van der Waals surface area contributed by atoms with Crippen LogP contribution in [-0.2, 0) is 6.54 Å². The van der Waals surface area contributed by atoms with Crippen LogP contribution >= 0.6 is 0 Å². The van der Waals surface area contributed by atoms with Gasteiger partial charge in [0.05, 0.1) is 6.54 Å². The second-order valence-electron chi connectivity index (χ2n) is 4.98. The quantitative estimate of drug-likeness (QED) is 0.830. The van der Waals surface area contributed by atoms with Crippen molar-refractivity contribution >= 4 is 5.69 Å². The molecule has 0 radical (unpaired) electrons. The molecular weight excluding hydrogens is 250 g/mol. The molecule has 0 unspecified atom stereocenters. The van der Waals surface area contributed by atoms with Crippen molar-refractivity contribution in [1.82, 2.24) is 5.32 Å². The molecule has 1 aromatic rings. The van der Waals surface area contributed by atoms with Crippen molar-refractivity contribution in [2.45, 2.75) is 25.3 Å². The summed E-state index contributed by atoms with van der Waals surface area (Å²) in [6.45, 7) is 0.960. The van der Waals surface area contributed by atoms with Crippen LogP contribution < -0.4 is 10.2 Å². The van der Waals surface area contributed by atoms with E-state index in [9.17, 15) is 8.78 Å². The SMILES string of the molecule is OCC(F)(F)CNCc1ccc(N2CCCC2)cc1. The van der Waals surface area contributed by atoms with Gasteiger partial charge in [-0.15, -0.1) is 0 Å². The van der Waals surface area contributed by atoms with Gasteiger partial charge in [-0.25, -0.2) is 8.78 Å². The predicted molar refractivity (Wildman–Crippen MR) is 71.6 cm³/mol. The number of aliphatic hydroxyl groups excluding tert-OH is 1. The number of rotatable bonds is 6. The largest absolute Gasteiger partial charge is 0.390 e. The molecule has 3 nitrogen and oxygen atoms in total. The molecule has 5 heteroatoms. The lowest BCUT2D eigenvalue weighted by molar-refractivity contribution is -0.0477. The van der Waals surface area contributed by atoms with Crippen molar-refractivity contribution in [3.8, 4) is 0 Å². The highest BCUT2D eigenvalue weighted by Gasteiger charge is 2.26. The van der Waals surface area contributed by atoms with Crippen LogP contribution in [0.3, 0.4) is 0 Å². The lowest BCUT2D eigenvalue weighted by atomic mass is 10.2. The summed E-state index contributed by atoms with van der Waals surface area (Å²) in [6, 6.07) is 7.98. The second-order valence-corrected chi connectivity index (χ2v) is 4.98. The first-order valence-corrected chi connectivity index (χ1v) is 6.64. The van der Waals surface area contributed by atoms with E-state index in [1.54, 1.807) is 0 Å². The van der Waals surface area contributed by atoms with E-state index in [0.29, 0.717) is 6.54 Å². The zero-order valence-electron chi connectivity index (χ0n) is 10.9. The van der Waals surface area contributed by atoms with Crippen LogP contribution in [0.5, 0.6) is 0 Å². The molecule has 1 aromatic carbocycles. The van der Waals surface area contributed by atoms with Gasteiger partial charge in [0.2, 0.25) is 0 Å². The molecule has 1 aliphatic heterocycles. The summed E-state index contributed by atoms with van der Waals surface area (Å²) in [5, 5.41) is 11.1. The van der Waals surface area contributed by atoms with Crippen molar-refractivity contribution < 1.29 is 13.9 Å². The maximum absolute atomic E-state index is 12.8. The number of hydrogen-bond acceptors (Lipinski definition) is 3. The predicted octanol–water partition coefficient (Wildman–Crippen LogP) is 2.00. The number of benzene rings is 1. The van der Waals surface area contributed by atoms with E-state index in [1.165, 1.54) is 18.5 Å². The minimum Gasteiger partial charge on any atom is -0.390 e. The van der Waals surface area contributed by atoms with Gasteiger partial charge in [0, 0.05) is 25.3 Å². The molecule has 1 saturated heterocycles. The highest BCUT2D eigenvalue weighted by Crippen LogP contribution is 2.20. The maximum atomic E-state index is 12.8. The summed E-state index contributed by atoms with van der Waals surface area (Å²) < 4.78 is 25.6. The summed E-state index contributed by atoms with van der Waals surface area (Å²) in [7, 11) is 0. The number of hydrogen-bond donors (Lipinski definition) is 2. The standard InChI is InChI=1S/C14H20F2N2O/c15-14(16,11-19)10-17-9-12-3-5-13(6-4-12)18-7-1-2-8-18/h3-6,17,19H,1-2,7-11H2. The Hall–Kier alpha value is -1.20. The Balaban J connectivity index is 1.81. The molecule has 0 aliphatic carbocycles. The van der Waals surface area contributed by atoms with E-state index in [4.69, 9.17) is 5.11 Å². The number of halogens is 2. The molecule has 0 aromatic heterocycles. The van der Waals surface area contributed by atoms with E-state index in [1.807, 2.05) is 24.3 Å². The van der Waals surface area contributed by atoms with Crippen LogP contribution in [0.2, 0.25) is 0 Å². The van der Waals surface area contributed by atoms with Crippen LogP contribution in [0.4, 0.5) is 14.5 Å². The minimum absolute atomic E-state index is 0.385. The zero-order valence-corrected chi connectivity index (χ0v) is 10.9. The Morgan fingerprint density at radius 3 is 2.37 bits per heavy atom. The summed E-state index contributed by atoms with van der Waals surface area (Å²) in [4.78, 5) is 2.33. The zero-order chi connectivity index (χ0) is 13.7. The number of anilines is 1. The molecule has 2 N–H and O–H groups in total. The van der Waals surface area contributed by atoms with Gasteiger partial charge < -0.3 is 15.3 Å². The fraction of sp³-hybridized carbons (Fsp3) is 0.571. The van der Waals surface area contributed by atoms with Gasteiger partial charge in [-0.05, 0) is 30.5 Å². The molecule has 0 atom stereocenters. The number of nitrogens with one attached hydrogen (secondary N) is 1. The fourth-order valence-electron chi connectivity index (χ4n) is 2.25. The molecule has 0 amide bonds. The first-order valence-electron chi connectivity index (χ1n) is 6.64. The van der Waals surface area contributed by atoms with Crippen molar-refractivity contribution in [3.63, 3.8) is 0 Å². The molecule has 2 rings (SSSR count). The third-order valence-electron chi connectivity index (χ3n) is 3.35. The topological polar surface area (TPSA) is 35.5 Å². The number of nitrogens with zero attached hydrogens (tertiary/aromatic N) is 1. The second kappa shape index (κ2) is 6.30. The Labute approximate surface area is 112 Å². The third-order valence-corrected chi connectivity index (χ3v) is 3.35. The average Bonchev–Trinajstić information content (AvgIpc) is 2.93. The minimum atomic E-state index is -3.05. The Bertz CT molecular complexity index is 389. The molecule has 0 bridgehead atoms. The average molecular weight is 270 g/mol. The van der Waals surface area contributed by atoms with Crippen LogP contribution in [0, 0.1) is 0 Å². The van der Waals surface area contributed by atoms with Crippen molar-refractivity contribution in [2.24, 2.45) is 0 Å². The van der Waals surface area contributed by atoms with Gasteiger partial charge in [-0.3, -0.25) is 0 Å². The Kier molecular flexibility index (Phi) is 4.71. The molecular formula is C14H20F2N2O. The first kappa shape index (κ1) is 14.2. The van der Waals surface area contributed by atoms with Crippen molar-refractivity contribution in [3.05, 3.63) is 29.8 Å². The molecule has 0 spiro atoms. The van der Waals surface area contributed by atoms with E-state index in [-0.39, 0.29) is 0 Å². The Morgan fingerprint density at radius 1 is 1.16 bits per heavy atom. The van der Waals surface area contributed by atoms with E-state index in [2.05, 4.69) is 10.2 Å². The molecule has 1 aliphatic rings. The smallest absolute Gasteiger partial charge is 0.282 e. The van der Waals surface area contributed by atoms with Crippen LogP contribution in [0.15, 0.2) is 24.3 Å². The number of aliphatic hydroxyl groups is 1. The molecule has 19 heavy (non-hydrogen) atoms. The lowest BCUT2D eigenvalue weighted by Gasteiger charge is -2.18. The molecule has 106 valence electrons. The number of alkyl halides is 2. The lowest BCUT2D eigenvalue weighted by Crippen LogP contribution is -2.35. The monoisotopic (exact) mass is 270 g/mol. The Morgan fingerprint density at radius 2 is 1.79 bits per heavy atom. The highest BCUT2D eigenvalue weighted by atomic mass is 19.3. The fourth-order valence-corrected chi connectivity index (χ4v) is 2.25. The van der Waals surface area contributed by atoms with Crippen LogP contribution in [0.1, 0.15) is 18.4 Å². The molecule has 1 fully saturated rings. The molecule has 1 heterocycles. The summed E-state index contributed by atoms with van der Waals surface area (Å²) in [5.74, 6) is -3.05. The van der Waals surface area contributed by atoms with Crippen molar-refractivity contribution in [2.75, 3.05) is 31.1 Å². The van der Waals surface area contributed by atoms with E-state index in [0.717, 1.165) is 18.7 Å². The summed E-state index contributed by atoms with van der Waals surface area (Å²) in [5.41, 5.74) is 2.17. The van der Waals surface area contributed by atoms with Crippen LogP contribution in [0.25, 0.3) is 0 Å². The van der Waals surface area contributed by atoms with Crippen LogP contribution in [-0.4, -0.2) is 37.3 Å². The van der Waals surface area contributed by atoms with Gasteiger partial charge in [0.25, 0.3) is 5.92 Å². The van der Waals surface area contributed by atoms with Gasteiger partial charge in [0.1, 0.15) is 6.61 Å². The normalized spacial score (nSPS) is 16.1. The first-order chi connectivity index (χ1) is 9.11. The summed E-state index contributed by atoms with van der Waals surface area (Å²) >= 11 is 0.